The second kappa shape index (κ2) is 8.41. The van der Waals surface area contributed by atoms with Gasteiger partial charge < -0.3 is 10.1 Å². The molecule has 2 aromatic carbocycles. The zero-order valence-corrected chi connectivity index (χ0v) is 14.6. The molecule has 4 nitrogen and oxygen atoms in total. The van der Waals surface area contributed by atoms with Crippen molar-refractivity contribution in [2.75, 3.05) is 0 Å². The van der Waals surface area contributed by atoms with Gasteiger partial charge in [0.15, 0.2) is 0 Å². The van der Waals surface area contributed by atoms with Gasteiger partial charge in [-0.1, -0.05) is 25.6 Å². The van der Waals surface area contributed by atoms with Crippen LogP contribution in [0.15, 0.2) is 49.1 Å². The van der Waals surface area contributed by atoms with Gasteiger partial charge in [0, 0.05) is 6.54 Å². The lowest BCUT2D eigenvalue weighted by Gasteiger charge is -2.14. The first-order chi connectivity index (χ1) is 12.8. The number of nitriles is 1. The molecule has 1 N–H and O–H groups in total. The number of carbonyl (C=O) groups excluding carboxylic acids is 1. The van der Waals surface area contributed by atoms with E-state index in [2.05, 4.69) is 22.7 Å². The fourth-order valence-corrected chi connectivity index (χ4v) is 2.60. The largest absolute Gasteiger partial charge is 0.573 e. The van der Waals surface area contributed by atoms with Crippen molar-refractivity contribution in [3.8, 4) is 22.9 Å². The highest BCUT2D eigenvalue weighted by Gasteiger charge is 2.31. The van der Waals surface area contributed by atoms with Crippen LogP contribution in [-0.2, 0) is 17.8 Å². The maximum absolute atomic E-state index is 12.3. The highest BCUT2D eigenvalue weighted by molar-refractivity contribution is 5.86. The molecule has 0 atom stereocenters. The van der Waals surface area contributed by atoms with Crippen LogP contribution in [0.2, 0.25) is 0 Å². The summed E-state index contributed by atoms with van der Waals surface area (Å²) in [5, 5.41) is 12.1. The molecule has 0 saturated carbocycles. The average molecular weight is 374 g/mol. The summed E-state index contributed by atoms with van der Waals surface area (Å²) in [4.78, 5) is 11.4. The molecule has 1 amide bonds. The number of halogens is 3. The highest BCUT2D eigenvalue weighted by Crippen LogP contribution is 2.29. The van der Waals surface area contributed by atoms with Crippen molar-refractivity contribution in [2.45, 2.75) is 26.3 Å². The molecule has 0 aliphatic carbocycles. The number of nitrogens with one attached hydrogen (secondary N) is 1. The number of alkyl halides is 3. The maximum atomic E-state index is 12.3. The number of carbonyl (C=O) groups is 1. The molecule has 140 valence electrons. The quantitative estimate of drug-likeness (QED) is 0.758. The number of hydrogen-bond acceptors (Lipinski definition) is 3. The predicted molar refractivity (Wildman–Crippen MR) is 94.7 cm³/mol. The lowest BCUT2D eigenvalue weighted by molar-refractivity contribution is -0.274. The second-order valence-corrected chi connectivity index (χ2v) is 5.63. The van der Waals surface area contributed by atoms with E-state index in [1.807, 2.05) is 13.0 Å². The minimum absolute atomic E-state index is 0.143. The number of rotatable bonds is 6. The molecule has 0 saturated heterocycles. The van der Waals surface area contributed by atoms with Crippen LogP contribution in [0.1, 0.15) is 23.6 Å². The summed E-state index contributed by atoms with van der Waals surface area (Å²) in [5.41, 5.74) is 3.28. The fourth-order valence-electron chi connectivity index (χ4n) is 2.60. The summed E-state index contributed by atoms with van der Waals surface area (Å²) in [7, 11) is 0. The van der Waals surface area contributed by atoms with Gasteiger partial charge in [0.25, 0.3) is 0 Å². The Hall–Kier alpha value is -3.27. The SMILES string of the molecule is C=CC(=O)NCc1cc(-c2ccc(OC(F)(F)F)cc2)cc(CC)c1C#N. The molecule has 0 heterocycles. The third-order valence-electron chi connectivity index (χ3n) is 3.85. The standard InChI is InChI=1S/C20H17F3N2O2/c1-3-13-9-15(10-16(18(13)11-24)12-25-19(26)4-2)14-5-7-17(8-6-14)27-20(21,22)23/h4-10H,2-3,12H2,1H3,(H,25,26). The van der Waals surface area contributed by atoms with Crippen molar-refractivity contribution in [1.82, 2.24) is 5.32 Å². The molecule has 27 heavy (non-hydrogen) atoms. The van der Waals surface area contributed by atoms with Gasteiger partial charge in [0.05, 0.1) is 11.6 Å². The minimum atomic E-state index is -4.75. The Morgan fingerprint density at radius 2 is 1.85 bits per heavy atom. The molecule has 0 radical (unpaired) electrons. The Kier molecular flexibility index (Phi) is 6.24. The van der Waals surface area contributed by atoms with Crippen LogP contribution < -0.4 is 10.1 Å². The summed E-state index contributed by atoms with van der Waals surface area (Å²) < 4.78 is 40.7. The third kappa shape index (κ3) is 5.35. The van der Waals surface area contributed by atoms with Crippen molar-refractivity contribution < 1.29 is 22.7 Å². The minimum Gasteiger partial charge on any atom is -0.406 e. The van der Waals surface area contributed by atoms with E-state index in [1.165, 1.54) is 24.3 Å². The lowest BCUT2D eigenvalue weighted by atomic mass is 9.93. The highest BCUT2D eigenvalue weighted by atomic mass is 19.4. The van der Waals surface area contributed by atoms with E-state index in [9.17, 15) is 23.2 Å². The van der Waals surface area contributed by atoms with E-state index in [0.717, 1.165) is 17.2 Å². The van der Waals surface area contributed by atoms with Crippen molar-refractivity contribution in [2.24, 2.45) is 0 Å². The number of hydrogen-bond donors (Lipinski definition) is 1. The van der Waals surface area contributed by atoms with Crippen LogP contribution in [0.5, 0.6) is 5.75 Å². The molecule has 0 bridgehead atoms. The monoisotopic (exact) mass is 374 g/mol. The number of benzene rings is 2. The Bertz CT molecular complexity index is 882. The van der Waals surface area contributed by atoms with Gasteiger partial charge in [-0.25, -0.2) is 0 Å². The van der Waals surface area contributed by atoms with Crippen LogP contribution in [0.25, 0.3) is 11.1 Å². The van der Waals surface area contributed by atoms with Crippen LogP contribution in [0.4, 0.5) is 13.2 Å². The van der Waals surface area contributed by atoms with E-state index in [4.69, 9.17) is 0 Å². The number of ether oxygens (including phenoxy) is 1. The molecular weight excluding hydrogens is 357 g/mol. The van der Waals surface area contributed by atoms with Crippen molar-refractivity contribution in [3.63, 3.8) is 0 Å². The first-order valence-corrected chi connectivity index (χ1v) is 8.09. The van der Waals surface area contributed by atoms with E-state index < -0.39 is 6.36 Å². The molecule has 7 heteroatoms. The van der Waals surface area contributed by atoms with Crippen LogP contribution in [-0.4, -0.2) is 12.3 Å². The first-order valence-electron chi connectivity index (χ1n) is 8.09. The number of aryl methyl sites for hydroxylation is 1. The number of amides is 1. The summed E-state index contributed by atoms with van der Waals surface area (Å²) in [5.74, 6) is -0.676. The van der Waals surface area contributed by atoms with Crippen LogP contribution in [0.3, 0.4) is 0 Å². The van der Waals surface area contributed by atoms with E-state index >= 15 is 0 Å². The van der Waals surface area contributed by atoms with Gasteiger partial charge >= 0.3 is 6.36 Å². The summed E-state index contributed by atoms with van der Waals surface area (Å²) in [6, 6.07) is 11.2. The zero-order chi connectivity index (χ0) is 20.0. The predicted octanol–water partition coefficient (Wildman–Crippen LogP) is 4.49. The number of nitrogens with zero attached hydrogens (tertiary/aromatic N) is 1. The molecule has 0 aliphatic heterocycles. The Labute approximate surface area is 154 Å². The molecular formula is C20H17F3N2O2. The zero-order valence-electron chi connectivity index (χ0n) is 14.6. The Balaban J connectivity index is 2.40. The Morgan fingerprint density at radius 3 is 2.37 bits per heavy atom. The third-order valence-corrected chi connectivity index (χ3v) is 3.85. The summed E-state index contributed by atoms with van der Waals surface area (Å²) in [6.45, 7) is 5.42. The average Bonchev–Trinajstić information content (AvgIpc) is 2.64. The lowest BCUT2D eigenvalue weighted by Crippen LogP contribution is -2.21. The Morgan fingerprint density at radius 1 is 1.22 bits per heavy atom. The fraction of sp³-hybridized carbons (Fsp3) is 0.200. The topological polar surface area (TPSA) is 62.1 Å². The molecule has 2 rings (SSSR count). The van der Waals surface area contributed by atoms with Gasteiger partial charge in [-0.05, 0) is 59.0 Å². The van der Waals surface area contributed by atoms with Gasteiger partial charge in [0.1, 0.15) is 5.75 Å². The van der Waals surface area contributed by atoms with Gasteiger partial charge in [-0.3, -0.25) is 4.79 Å². The first kappa shape index (κ1) is 20.0. The smallest absolute Gasteiger partial charge is 0.406 e. The van der Waals surface area contributed by atoms with Crippen molar-refractivity contribution in [3.05, 3.63) is 65.7 Å². The molecule has 0 spiro atoms. The molecule has 0 fully saturated rings. The summed E-state index contributed by atoms with van der Waals surface area (Å²) >= 11 is 0. The van der Waals surface area contributed by atoms with Crippen molar-refractivity contribution >= 4 is 5.91 Å². The van der Waals surface area contributed by atoms with E-state index in [1.54, 1.807) is 6.07 Å². The summed E-state index contributed by atoms with van der Waals surface area (Å²) in [6.07, 6.45) is -3.02. The van der Waals surface area contributed by atoms with Gasteiger partial charge in [0.2, 0.25) is 5.91 Å². The maximum Gasteiger partial charge on any atom is 0.573 e. The molecule has 2 aromatic rings. The van der Waals surface area contributed by atoms with Crippen LogP contribution in [0, 0.1) is 11.3 Å². The molecule has 0 unspecified atom stereocenters. The normalized spacial score (nSPS) is 10.8. The second-order valence-electron chi connectivity index (χ2n) is 5.63. The molecule has 0 aromatic heterocycles. The van der Waals surface area contributed by atoms with Gasteiger partial charge in [-0.15, -0.1) is 13.2 Å². The van der Waals surface area contributed by atoms with Gasteiger partial charge in [-0.2, -0.15) is 5.26 Å². The molecule has 0 aliphatic rings. The van der Waals surface area contributed by atoms with Crippen LogP contribution >= 0.6 is 0 Å². The van der Waals surface area contributed by atoms with E-state index in [0.29, 0.717) is 23.1 Å². The van der Waals surface area contributed by atoms with Crippen molar-refractivity contribution in [1.29, 1.82) is 5.26 Å². The van der Waals surface area contributed by atoms with E-state index in [-0.39, 0.29) is 18.2 Å².